The fourth-order valence-electron chi connectivity index (χ4n) is 2.69. The van der Waals surface area contributed by atoms with E-state index in [-0.39, 0.29) is 18.6 Å². The molecule has 0 saturated carbocycles. The van der Waals surface area contributed by atoms with Gasteiger partial charge in [-0.2, -0.15) is 0 Å². The molecule has 0 saturated heterocycles. The van der Waals surface area contributed by atoms with Gasteiger partial charge in [-0.25, -0.2) is 4.98 Å². The molecule has 0 aliphatic carbocycles. The molecule has 0 radical (unpaired) electrons. The van der Waals surface area contributed by atoms with Crippen LogP contribution in [-0.2, 0) is 22.6 Å². The van der Waals surface area contributed by atoms with Crippen molar-refractivity contribution in [2.45, 2.75) is 26.1 Å². The molecule has 1 atom stereocenters. The molecule has 0 spiro atoms. The summed E-state index contributed by atoms with van der Waals surface area (Å²) < 4.78 is 13.4. The van der Waals surface area contributed by atoms with E-state index in [0.717, 1.165) is 5.69 Å². The van der Waals surface area contributed by atoms with Crippen LogP contribution in [0.15, 0.2) is 42.7 Å². The maximum absolute atomic E-state index is 12.4. The van der Waals surface area contributed by atoms with E-state index in [1.165, 1.54) is 0 Å². The molecule has 0 N–H and O–H groups in total. The molecule has 0 aromatic carbocycles. The van der Waals surface area contributed by atoms with Crippen LogP contribution >= 0.6 is 0 Å². The molecule has 122 valence electrons. The summed E-state index contributed by atoms with van der Waals surface area (Å²) in [6.07, 6.45) is 3.57. The van der Waals surface area contributed by atoms with Crippen LogP contribution < -0.4 is 4.74 Å². The summed E-state index contributed by atoms with van der Waals surface area (Å²) in [6, 6.07) is 9.58. The first-order chi connectivity index (χ1) is 11.3. The Kier molecular flexibility index (Phi) is 4.92. The third-order valence-electron chi connectivity index (χ3n) is 3.81. The number of rotatable bonds is 5. The Morgan fingerprint density at radius 3 is 3.00 bits per heavy atom. The summed E-state index contributed by atoms with van der Waals surface area (Å²) in [4.78, 5) is 18.4. The number of carbonyl (C=O) groups is 1. The summed E-state index contributed by atoms with van der Waals surface area (Å²) >= 11 is 0. The highest BCUT2D eigenvalue weighted by atomic mass is 16.5. The lowest BCUT2D eigenvalue weighted by Gasteiger charge is -2.24. The average molecular weight is 315 g/mol. The van der Waals surface area contributed by atoms with Gasteiger partial charge in [0.1, 0.15) is 12.7 Å². The van der Waals surface area contributed by atoms with Crippen molar-refractivity contribution in [3.63, 3.8) is 0 Å². The number of ether oxygens (including phenoxy) is 2. The minimum Gasteiger partial charge on any atom is -0.471 e. The molecule has 6 heteroatoms. The van der Waals surface area contributed by atoms with Crippen LogP contribution in [0.3, 0.4) is 0 Å². The second-order valence-electron chi connectivity index (χ2n) is 5.47. The monoisotopic (exact) mass is 315 g/mol. The number of nitrogens with zero attached hydrogens (tertiary/aromatic N) is 3. The van der Waals surface area contributed by atoms with Crippen LogP contribution in [0.25, 0.3) is 0 Å². The van der Waals surface area contributed by atoms with E-state index in [0.29, 0.717) is 32.1 Å². The van der Waals surface area contributed by atoms with Crippen LogP contribution in [0.2, 0.25) is 0 Å². The number of pyridine rings is 1. The van der Waals surface area contributed by atoms with Crippen molar-refractivity contribution >= 4 is 5.91 Å². The molecule has 0 bridgehead atoms. The molecule has 2 aromatic rings. The van der Waals surface area contributed by atoms with Gasteiger partial charge in [0.2, 0.25) is 11.8 Å². The lowest BCUT2D eigenvalue weighted by molar-refractivity contribution is -0.137. The van der Waals surface area contributed by atoms with E-state index in [1.807, 2.05) is 43.5 Å². The third kappa shape index (κ3) is 3.90. The summed E-state index contributed by atoms with van der Waals surface area (Å²) in [5.74, 6) is 0.557. The molecule has 23 heavy (non-hydrogen) atoms. The van der Waals surface area contributed by atoms with Gasteiger partial charge in [0.25, 0.3) is 0 Å². The maximum Gasteiger partial charge on any atom is 0.249 e. The number of hydrogen-bond acceptors (Lipinski definition) is 4. The van der Waals surface area contributed by atoms with Crippen molar-refractivity contribution in [2.75, 3.05) is 19.8 Å². The Labute approximate surface area is 135 Å². The summed E-state index contributed by atoms with van der Waals surface area (Å²) in [5, 5.41) is 0. The van der Waals surface area contributed by atoms with Crippen molar-refractivity contribution in [3.05, 3.63) is 48.4 Å². The second kappa shape index (κ2) is 7.28. The molecule has 1 amide bonds. The molecule has 3 rings (SSSR count). The van der Waals surface area contributed by atoms with Gasteiger partial charge >= 0.3 is 0 Å². The van der Waals surface area contributed by atoms with E-state index in [4.69, 9.17) is 9.47 Å². The Hall–Kier alpha value is -2.34. The number of amides is 1. The molecular formula is C17H21N3O3. The summed E-state index contributed by atoms with van der Waals surface area (Å²) in [5.41, 5.74) is 1.10. The largest absolute Gasteiger partial charge is 0.471 e. The topological polar surface area (TPSA) is 56.6 Å². The molecule has 1 aliphatic rings. The maximum atomic E-state index is 12.4. The van der Waals surface area contributed by atoms with Crippen LogP contribution in [0.1, 0.15) is 12.6 Å². The zero-order chi connectivity index (χ0) is 16.1. The highest BCUT2D eigenvalue weighted by molar-refractivity contribution is 5.77. The first kappa shape index (κ1) is 15.6. The Bertz CT molecular complexity index is 642. The fraction of sp³-hybridized carbons (Fsp3) is 0.412. The molecular weight excluding hydrogens is 294 g/mol. The van der Waals surface area contributed by atoms with Gasteiger partial charge in [-0.1, -0.05) is 6.07 Å². The van der Waals surface area contributed by atoms with Gasteiger partial charge in [0, 0.05) is 30.8 Å². The average Bonchev–Trinajstić information content (AvgIpc) is 2.92. The van der Waals surface area contributed by atoms with Gasteiger partial charge in [-0.3, -0.25) is 4.79 Å². The Morgan fingerprint density at radius 1 is 1.30 bits per heavy atom. The lowest BCUT2D eigenvalue weighted by atomic mass is 10.3. The number of aromatic nitrogens is 2. The molecule has 1 aliphatic heterocycles. The van der Waals surface area contributed by atoms with Crippen molar-refractivity contribution in [3.8, 4) is 5.88 Å². The van der Waals surface area contributed by atoms with Gasteiger partial charge < -0.3 is 18.9 Å². The minimum absolute atomic E-state index is 0.0175. The van der Waals surface area contributed by atoms with Crippen molar-refractivity contribution in [2.24, 2.45) is 0 Å². The predicted molar refractivity (Wildman–Crippen MR) is 85.0 cm³/mol. The van der Waals surface area contributed by atoms with Crippen LogP contribution in [0.5, 0.6) is 5.88 Å². The van der Waals surface area contributed by atoms with Crippen LogP contribution in [0, 0.1) is 0 Å². The second-order valence-corrected chi connectivity index (χ2v) is 5.47. The van der Waals surface area contributed by atoms with Crippen molar-refractivity contribution < 1.29 is 14.3 Å². The van der Waals surface area contributed by atoms with Gasteiger partial charge in [-0.15, -0.1) is 0 Å². The SMILES string of the molecule is CCOCC(=O)N1Cc2cccn2C[C@@H](Oc2ccccn2)C1. The van der Waals surface area contributed by atoms with Crippen molar-refractivity contribution in [1.29, 1.82) is 0 Å². The smallest absolute Gasteiger partial charge is 0.249 e. The summed E-state index contributed by atoms with van der Waals surface area (Å²) in [7, 11) is 0. The Balaban J connectivity index is 1.76. The standard InChI is InChI=1S/C17H21N3O3/c1-2-22-13-17(21)20-10-14-6-5-9-19(14)11-15(12-20)23-16-7-3-4-8-18-16/h3-9,15H,2,10-13H2,1H3/t15-/m1/s1. The van der Waals surface area contributed by atoms with E-state index < -0.39 is 0 Å². The molecule has 0 fully saturated rings. The van der Waals surface area contributed by atoms with Crippen molar-refractivity contribution in [1.82, 2.24) is 14.5 Å². The number of fused-ring (bicyclic) bond motifs is 1. The minimum atomic E-state index is -0.149. The number of carbonyl (C=O) groups excluding carboxylic acids is 1. The van der Waals surface area contributed by atoms with E-state index in [9.17, 15) is 4.79 Å². The summed E-state index contributed by atoms with van der Waals surface area (Å²) in [6.45, 7) is 4.30. The van der Waals surface area contributed by atoms with Gasteiger partial charge in [0.05, 0.1) is 19.6 Å². The zero-order valence-corrected chi connectivity index (χ0v) is 13.2. The lowest BCUT2D eigenvalue weighted by Crippen LogP contribution is -2.40. The number of hydrogen-bond donors (Lipinski definition) is 0. The van der Waals surface area contributed by atoms with E-state index in [1.54, 1.807) is 11.1 Å². The highest BCUT2D eigenvalue weighted by Crippen LogP contribution is 2.17. The third-order valence-corrected chi connectivity index (χ3v) is 3.81. The normalized spacial score (nSPS) is 17.4. The predicted octanol–water partition coefficient (Wildman–Crippen LogP) is 1.71. The first-order valence-corrected chi connectivity index (χ1v) is 7.83. The fourth-order valence-corrected chi connectivity index (χ4v) is 2.69. The van der Waals surface area contributed by atoms with Crippen LogP contribution in [-0.4, -0.2) is 46.2 Å². The molecule has 0 unspecified atom stereocenters. The Morgan fingerprint density at radius 2 is 2.22 bits per heavy atom. The van der Waals surface area contributed by atoms with Gasteiger partial charge in [0.15, 0.2) is 0 Å². The van der Waals surface area contributed by atoms with Crippen LogP contribution in [0.4, 0.5) is 0 Å². The molecule has 3 heterocycles. The highest BCUT2D eigenvalue weighted by Gasteiger charge is 2.26. The van der Waals surface area contributed by atoms with E-state index >= 15 is 0 Å². The van der Waals surface area contributed by atoms with E-state index in [2.05, 4.69) is 9.55 Å². The molecule has 6 nitrogen and oxygen atoms in total. The zero-order valence-electron chi connectivity index (χ0n) is 13.2. The quantitative estimate of drug-likeness (QED) is 0.843. The van der Waals surface area contributed by atoms with Gasteiger partial charge in [-0.05, 0) is 25.1 Å². The first-order valence-electron chi connectivity index (χ1n) is 7.83. The molecule has 2 aromatic heterocycles.